The molecule has 0 spiro atoms. The van der Waals surface area contributed by atoms with Crippen LogP contribution < -0.4 is 4.72 Å². The minimum absolute atomic E-state index is 0.102. The number of carbonyl (C=O) groups is 1. The SMILES string of the molecule is Cc1c(Cl)cccc1S(=O)(=O)Nc1ccccc1C(=O)N1CCCCC1. The fourth-order valence-electron chi connectivity index (χ4n) is 3.10. The van der Waals surface area contributed by atoms with E-state index in [2.05, 4.69) is 4.72 Å². The number of hydrogen-bond acceptors (Lipinski definition) is 3. The number of halogens is 1. The topological polar surface area (TPSA) is 66.5 Å². The highest BCUT2D eigenvalue weighted by Crippen LogP contribution is 2.27. The highest BCUT2D eigenvalue weighted by Gasteiger charge is 2.24. The molecule has 1 fully saturated rings. The Kier molecular flexibility index (Phi) is 5.53. The van der Waals surface area contributed by atoms with Crippen LogP contribution in [0.15, 0.2) is 47.4 Å². The highest BCUT2D eigenvalue weighted by atomic mass is 35.5. The van der Waals surface area contributed by atoms with E-state index in [1.54, 1.807) is 48.2 Å². The number of amides is 1. The summed E-state index contributed by atoms with van der Waals surface area (Å²) in [5, 5.41) is 0.380. The van der Waals surface area contributed by atoms with Crippen molar-refractivity contribution in [3.05, 3.63) is 58.6 Å². The summed E-state index contributed by atoms with van der Waals surface area (Å²) in [5.41, 5.74) is 1.11. The van der Waals surface area contributed by atoms with Gasteiger partial charge in [-0.1, -0.05) is 29.8 Å². The Morgan fingerprint density at radius 3 is 2.46 bits per heavy atom. The fraction of sp³-hybridized carbons (Fsp3) is 0.316. The second kappa shape index (κ2) is 7.68. The molecule has 7 heteroatoms. The van der Waals surface area contributed by atoms with Crippen molar-refractivity contribution in [3.63, 3.8) is 0 Å². The summed E-state index contributed by atoms with van der Waals surface area (Å²) < 4.78 is 28.2. The summed E-state index contributed by atoms with van der Waals surface area (Å²) in [6.45, 7) is 3.06. The quantitative estimate of drug-likeness (QED) is 0.852. The molecule has 0 radical (unpaired) electrons. The van der Waals surface area contributed by atoms with Crippen molar-refractivity contribution in [2.45, 2.75) is 31.1 Å². The maximum atomic E-state index is 12.8. The van der Waals surface area contributed by atoms with E-state index in [-0.39, 0.29) is 16.5 Å². The Labute approximate surface area is 159 Å². The third-order valence-electron chi connectivity index (χ3n) is 4.55. The first-order chi connectivity index (χ1) is 12.4. The van der Waals surface area contributed by atoms with Gasteiger partial charge in [-0.05, 0) is 56.0 Å². The van der Waals surface area contributed by atoms with Gasteiger partial charge in [0.15, 0.2) is 0 Å². The van der Waals surface area contributed by atoms with Gasteiger partial charge in [0, 0.05) is 18.1 Å². The summed E-state index contributed by atoms with van der Waals surface area (Å²) in [6.07, 6.45) is 3.06. The van der Waals surface area contributed by atoms with Crippen LogP contribution in [0.2, 0.25) is 5.02 Å². The monoisotopic (exact) mass is 392 g/mol. The molecular formula is C19H21ClN2O3S. The van der Waals surface area contributed by atoms with Crippen LogP contribution in [0.25, 0.3) is 0 Å². The Balaban J connectivity index is 1.93. The molecule has 3 rings (SSSR count). The summed E-state index contributed by atoms with van der Waals surface area (Å²) >= 11 is 6.05. The van der Waals surface area contributed by atoms with Crippen LogP contribution in [0.3, 0.4) is 0 Å². The minimum atomic E-state index is -3.86. The van der Waals surface area contributed by atoms with E-state index >= 15 is 0 Å². The van der Waals surface area contributed by atoms with Crippen molar-refractivity contribution in [2.75, 3.05) is 17.8 Å². The van der Waals surface area contributed by atoms with Crippen molar-refractivity contribution in [2.24, 2.45) is 0 Å². The van der Waals surface area contributed by atoms with Gasteiger partial charge in [-0.2, -0.15) is 0 Å². The lowest BCUT2D eigenvalue weighted by molar-refractivity contribution is 0.0725. The fourth-order valence-corrected chi connectivity index (χ4v) is 4.68. The molecule has 1 heterocycles. The van der Waals surface area contributed by atoms with Gasteiger partial charge in [-0.15, -0.1) is 0 Å². The Morgan fingerprint density at radius 1 is 1.04 bits per heavy atom. The molecular weight excluding hydrogens is 372 g/mol. The first-order valence-corrected chi connectivity index (χ1v) is 10.4. The molecule has 0 aliphatic carbocycles. The van der Waals surface area contributed by atoms with Crippen LogP contribution in [0.4, 0.5) is 5.69 Å². The third-order valence-corrected chi connectivity index (χ3v) is 6.47. The lowest BCUT2D eigenvalue weighted by atomic mass is 10.1. The third kappa shape index (κ3) is 3.86. The van der Waals surface area contributed by atoms with E-state index < -0.39 is 10.0 Å². The zero-order valence-electron chi connectivity index (χ0n) is 14.5. The Hall–Kier alpha value is -2.05. The summed E-state index contributed by atoms with van der Waals surface area (Å²) in [6, 6.07) is 11.4. The van der Waals surface area contributed by atoms with Gasteiger partial charge >= 0.3 is 0 Å². The van der Waals surface area contributed by atoms with Crippen molar-refractivity contribution >= 4 is 33.2 Å². The Morgan fingerprint density at radius 2 is 1.73 bits per heavy atom. The number of anilines is 1. The number of rotatable bonds is 4. The molecule has 2 aromatic rings. The number of benzene rings is 2. The lowest BCUT2D eigenvalue weighted by Gasteiger charge is -2.27. The van der Waals surface area contributed by atoms with Gasteiger partial charge in [-0.25, -0.2) is 8.42 Å². The van der Waals surface area contributed by atoms with Crippen LogP contribution in [0.5, 0.6) is 0 Å². The molecule has 5 nitrogen and oxygen atoms in total. The molecule has 0 unspecified atom stereocenters. The van der Waals surface area contributed by atoms with Gasteiger partial charge in [0.25, 0.3) is 15.9 Å². The molecule has 26 heavy (non-hydrogen) atoms. The number of para-hydroxylation sites is 1. The van der Waals surface area contributed by atoms with E-state index in [1.165, 1.54) is 6.07 Å². The average Bonchev–Trinajstić information content (AvgIpc) is 2.64. The molecule has 0 atom stereocenters. The zero-order valence-corrected chi connectivity index (χ0v) is 16.1. The normalized spacial score (nSPS) is 14.9. The van der Waals surface area contributed by atoms with Crippen LogP contribution in [-0.2, 0) is 10.0 Å². The van der Waals surface area contributed by atoms with Gasteiger partial charge in [0.1, 0.15) is 0 Å². The van der Waals surface area contributed by atoms with Crippen LogP contribution >= 0.6 is 11.6 Å². The van der Waals surface area contributed by atoms with Crippen molar-refractivity contribution in [3.8, 4) is 0 Å². The number of sulfonamides is 1. The van der Waals surface area contributed by atoms with E-state index in [0.717, 1.165) is 19.3 Å². The molecule has 0 aromatic heterocycles. The summed E-state index contributed by atoms with van der Waals surface area (Å²) in [7, 11) is -3.86. The van der Waals surface area contributed by atoms with Crippen molar-refractivity contribution < 1.29 is 13.2 Å². The van der Waals surface area contributed by atoms with Crippen LogP contribution in [-0.4, -0.2) is 32.3 Å². The standard InChI is InChI=1S/C19H21ClN2O3S/c1-14-16(20)9-7-11-18(14)26(24,25)21-17-10-4-3-8-15(17)19(23)22-12-5-2-6-13-22/h3-4,7-11,21H,2,5-6,12-13H2,1H3. The van der Waals surface area contributed by atoms with Crippen molar-refractivity contribution in [1.29, 1.82) is 0 Å². The molecule has 1 aliphatic heterocycles. The number of hydrogen-bond donors (Lipinski definition) is 1. The molecule has 2 aromatic carbocycles. The lowest BCUT2D eigenvalue weighted by Crippen LogP contribution is -2.36. The second-order valence-corrected chi connectivity index (χ2v) is 8.42. The number of nitrogens with one attached hydrogen (secondary N) is 1. The maximum absolute atomic E-state index is 12.8. The van der Waals surface area contributed by atoms with Crippen LogP contribution in [0.1, 0.15) is 35.2 Å². The van der Waals surface area contributed by atoms with Crippen LogP contribution in [0, 0.1) is 6.92 Å². The van der Waals surface area contributed by atoms with Gasteiger partial charge in [-0.3, -0.25) is 9.52 Å². The highest BCUT2D eigenvalue weighted by molar-refractivity contribution is 7.92. The largest absolute Gasteiger partial charge is 0.339 e. The van der Waals surface area contributed by atoms with E-state index in [9.17, 15) is 13.2 Å². The average molecular weight is 393 g/mol. The first kappa shape index (κ1) is 18.7. The second-order valence-electron chi connectivity index (χ2n) is 6.37. The maximum Gasteiger partial charge on any atom is 0.262 e. The predicted octanol–water partition coefficient (Wildman–Crippen LogP) is 4.08. The van der Waals surface area contributed by atoms with Gasteiger partial charge in [0.2, 0.25) is 0 Å². The van der Waals surface area contributed by atoms with E-state index in [0.29, 0.717) is 29.2 Å². The predicted molar refractivity (Wildman–Crippen MR) is 103 cm³/mol. The number of nitrogens with zero attached hydrogens (tertiary/aromatic N) is 1. The first-order valence-electron chi connectivity index (χ1n) is 8.56. The Bertz CT molecular complexity index is 922. The van der Waals surface area contributed by atoms with E-state index in [4.69, 9.17) is 11.6 Å². The molecule has 0 saturated carbocycles. The summed E-state index contributed by atoms with van der Waals surface area (Å²) in [5.74, 6) is -0.147. The van der Waals surface area contributed by atoms with E-state index in [1.807, 2.05) is 0 Å². The molecule has 1 amide bonds. The molecule has 138 valence electrons. The van der Waals surface area contributed by atoms with Gasteiger partial charge in [0.05, 0.1) is 16.1 Å². The number of carbonyl (C=O) groups excluding carboxylic acids is 1. The summed E-state index contributed by atoms with van der Waals surface area (Å²) in [4.78, 5) is 14.7. The zero-order chi connectivity index (χ0) is 18.7. The smallest absolute Gasteiger partial charge is 0.262 e. The number of piperidine rings is 1. The van der Waals surface area contributed by atoms with Crippen molar-refractivity contribution in [1.82, 2.24) is 4.90 Å². The molecule has 1 N–H and O–H groups in total. The van der Waals surface area contributed by atoms with Gasteiger partial charge < -0.3 is 4.90 Å². The molecule has 1 saturated heterocycles. The molecule has 0 bridgehead atoms. The minimum Gasteiger partial charge on any atom is -0.339 e. The molecule has 1 aliphatic rings. The number of likely N-dealkylation sites (tertiary alicyclic amines) is 1.